The van der Waals surface area contributed by atoms with Crippen molar-refractivity contribution in [3.8, 4) is 22.5 Å². The van der Waals surface area contributed by atoms with Crippen LogP contribution in [0.5, 0.6) is 0 Å². The minimum atomic E-state index is -0.614. The highest BCUT2D eigenvalue weighted by Crippen LogP contribution is 2.30. The molecule has 2 heterocycles. The lowest BCUT2D eigenvalue weighted by atomic mass is 9.98. The average molecular weight is 661 g/mol. The van der Waals surface area contributed by atoms with Crippen molar-refractivity contribution in [2.45, 2.75) is 52.2 Å². The van der Waals surface area contributed by atoms with E-state index in [4.69, 9.17) is 37.2 Å². The number of imidazole rings is 1. The molecule has 4 rings (SSSR count). The summed E-state index contributed by atoms with van der Waals surface area (Å²) in [5.74, 6) is -0.184. The number of nitrogens with zero attached hydrogens (tertiary/aromatic N) is 8. The molecule has 0 radical (unpaired) electrons. The van der Waals surface area contributed by atoms with Gasteiger partial charge >= 0.3 is 5.97 Å². The van der Waals surface area contributed by atoms with E-state index in [1.165, 1.54) is 0 Å². The number of aromatic nitrogens is 6. The van der Waals surface area contributed by atoms with E-state index in [-0.39, 0.29) is 43.6 Å². The van der Waals surface area contributed by atoms with Gasteiger partial charge < -0.3 is 9.30 Å². The van der Waals surface area contributed by atoms with Gasteiger partial charge in [-0.2, -0.15) is 0 Å². The number of rotatable bonds is 17. The molecule has 0 spiro atoms. The summed E-state index contributed by atoms with van der Waals surface area (Å²) < 4.78 is 7.28. The molecule has 0 saturated heterocycles. The Morgan fingerprint density at radius 3 is 2.28 bits per heavy atom. The van der Waals surface area contributed by atoms with Crippen LogP contribution in [0.2, 0.25) is 5.15 Å². The zero-order valence-corrected chi connectivity index (χ0v) is 25.5. The number of tetrazole rings is 1. The van der Waals surface area contributed by atoms with Crippen LogP contribution in [0.1, 0.15) is 54.5 Å². The Balaban J connectivity index is 1.50. The monoisotopic (exact) mass is 660 g/mol. The van der Waals surface area contributed by atoms with Crippen molar-refractivity contribution in [1.82, 2.24) is 40.5 Å². The van der Waals surface area contributed by atoms with Gasteiger partial charge in [-0.1, -0.05) is 78.3 Å². The smallest absolute Gasteiger partial charge is 0.308 e. The minimum Gasteiger partial charge on any atom is -0.459 e. The molecule has 4 aromatic rings. The van der Waals surface area contributed by atoms with Crippen LogP contribution < -0.4 is 0 Å². The largest absolute Gasteiger partial charge is 0.459 e. The van der Waals surface area contributed by atoms with Gasteiger partial charge in [-0.15, -0.1) is 10.2 Å². The summed E-state index contributed by atoms with van der Waals surface area (Å²) in [4.78, 5) is 38.6. The van der Waals surface area contributed by atoms with Crippen LogP contribution in [0, 0.1) is 0 Å². The van der Waals surface area contributed by atoms with Crippen molar-refractivity contribution >= 4 is 23.5 Å². The average Bonchev–Trinajstić information content (AvgIpc) is 3.64. The minimum absolute atomic E-state index is 0.130. The maximum atomic E-state index is 12.3. The number of hydrogen-bond donors (Lipinski definition) is 4. The van der Waals surface area contributed by atoms with Gasteiger partial charge in [0.25, 0.3) is 5.91 Å². The molecular formula is C28H33ClN8O9. The lowest BCUT2D eigenvalue weighted by molar-refractivity contribution is -0.492. The summed E-state index contributed by atoms with van der Waals surface area (Å²) >= 11 is 6.48. The fourth-order valence-electron chi connectivity index (χ4n) is 4.43. The quantitative estimate of drug-likeness (QED) is 0.0938. The highest BCUT2D eigenvalue weighted by Gasteiger charge is 2.19. The molecule has 246 valence electrons. The topological polar surface area (TPSA) is 211 Å². The predicted molar refractivity (Wildman–Crippen MR) is 156 cm³/mol. The van der Waals surface area contributed by atoms with E-state index in [0.717, 1.165) is 40.2 Å². The van der Waals surface area contributed by atoms with Gasteiger partial charge in [-0.3, -0.25) is 40.1 Å². The molecule has 0 aliphatic heterocycles. The second-order valence-electron chi connectivity index (χ2n) is 9.83. The van der Waals surface area contributed by atoms with E-state index in [1.54, 1.807) is 0 Å². The number of ether oxygens (including phenoxy) is 1. The zero-order chi connectivity index (χ0) is 33.1. The fraction of sp³-hybridized carbons (Fsp3) is 0.357. The Hall–Kier alpha value is -4.17. The fourth-order valence-corrected chi connectivity index (χ4v) is 4.69. The maximum Gasteiger partial charge on any atom is 0.308 e. The third kappa shape index (κ3) is 9.66. The molecule has 0 amide bonds. The first-order valence-electron chi connectivity index (χ1n) is 14.2. The number of esters is 1. The van der Waals surface area contributed by atoms with Crippen LogP contribution in [0.3, 0.4) is 0 Å². The zero-order valence-electron chi connectivity index (χ0n) is 24.8. The van der Waals surface area contributed by atoms with E-state index >= 15 is 0 Å². The molecule has 0 saturated carbocycles. The molecule has 4 N–H and O–H groups in total. The van der Waals surface area contributed by atoms with Crippen LogP contribution >= 0.6 is 11.6 Å². The molecule has 2 aromatic heterocycles. The Morgan fingerprint density at radius 2 is 1.61 bits per heavy atom. The lowest BCUT2D eigenvalue weighted by Crippen LogP contribution is -2.20. The molecule has 46 heavy (non-hydrogen) atoms. The van der Waals surface area contributed by atoms with Crippen molar-refractivity contribution in [3.05, 3.63) is 70.8 Å². The lowest BCUT2D eigenvalue weighted by Gasteiger charge is -2.14. The first-order chi connectivity index (χ1) is 22.2. The van der Waals surface area contributed by atoms with Gasteiger partial charge in [0.15, 0.2) is 5.15 Å². The standard InChI is InChI=1S/C28H33ClN8O9/c1-2-3-8-24-30-27(29)23(18-44-26(39)14-16-46-37(42)43)34(24)17-19-9-11-20(12-10-19)21-6-4-5-7-22(21)28-31-33-35(32-28)25(38)13-15-45-36(40)41/h4-7,9-12,40-43H,2-3,8,13-18H2,1H3. The SMILES string of the molecule is CCCCc1nc(Cl)c(COC(=O)CCON(O)O)n1Cc1ccc(-c2ccccc2-c2nnn(C(=O)CCON(O)O)n2)cc1. The van der Waals surface area contributed by atoms with E-state index in [0.29, 0.717) is 24.2 Å². The number of unbranched alkanes of at least 4 members (excludes halogenated alkanes) is 1. The highest BCUT2D eigenvalue weighted by atomic mass is 35.5. The Labute approximate surface area is 267 Å². The summed E-state index contributed by atoms with van der Waals surface area (Å²) in [6.07, 6.45) is 2.09. The second kappa shape index (κ2) is 16.9. The highest BCUT2D eigenvalue weighted by molar-refractivity contribution is 6.30. The van der Waals surface area contributed by atoms with Gasteiger partial charge in [-0.25, -0.2) is 4.98 Å². The van der Waals surface area contributed by atoms with Gasteiger partial charge in [-0.05, 0) is 28.3 Å². The van der Waals surface area contributed by atoms with Crippen LogP contribution in [0.15, 0.2) is 48.5 Å². The number of halogens is 1. The summed E-state index contributed by atoms with van der Waals surface area (Å²) in [6.45, 7) is 1.77. The van der Waals surface area contributed by atoms with Crippen LogP contribution in [-0.4, -0.2) is 86.5 Å². The Kier molecular flexibility index (Phi) is 12.8. The number of carbonyl (C=O) groups excluding carboxylic acids is 2. The summed E-state index contributed by atoms with van der Waals surface area (Å²) in [5.41, 5.74) is 3.77. The number of benzene rings is 2. The van der Waals surface area contributed by atoms with Crippen molar-refractivity contribution in [2.75, 3.05) is 13.2 Å². The van der Waals surface area contributed by atoms with Gasteiger partial charge in [0.2, 0.25) is 5.82 Å². The first kappa shape index (κ1) is 34.7. The molecule has 0 fully saturated rings. The van der Waals surface area contributed by atoms with Gasteiger partial charge in [0.05, 0.1) is 42.5 Å². The normalized spacial score (nSPS) is 11.5. The van der Waals surface area contributed by atoms with Crippen LogP contribution in [0.4, 0.5) is 0 Å². The number of carbonyl (C=O) groups is 2. The summed E-state index contributed by atoms with van der Waals surface area (Å²) in [6, 6.07) is 15.2. The van der Waals surface area contributed by atoms with Crippen molar-refractivity contribution < 1.29 is 44.8 Å². The molecule has 17 nitrogen and oxygen atoms in total. The third-order valence-corrected chi connectivity index (χ3v) is 6.98. The van der Waals surface area contributed by atoms with Crippen molar-refractivity contribution in [2.24, 2.45) is 0 Å². The van der Waals surface area contributed by atoms with Crippen molar-refractivity contribution in [3.63, 3.8) is 0 Å². The van der Waals surface area contributed by atoms with E-state index in [2.05, 4.69) is 37.0 Å². The molecule has 18 heteroatoms. The van der Waals surface area contributed by atoms with Gasteiger partial charge in [0, 0.05) is 18.5 Å². The first-order valence-corrected chi connectivity index (χ1v) is 14.6. The predicted octanol–water partition coefficient (Wildman–Crippen LogP) is 3.74. The number of aryl methyl sites for hydroxylation is 1. The Bertz CT molecular complexity index is 1590. The molecule has 0 bridgehead atoms. The van der Waals surface area contributed by atoms with Gasteiger partial charge in [0.1, 0.15) is 12.4 Å². The van der Waals surface area contributed by atoms with E-state index in [1.807, 2.05) is 53.1 Å². The second-order valence-corrected chi connectivity index (χ2v) is 10.2. The van der Waals surface area contributed by atoms with Crippen LogP contribution in [0.25, 0.3) is 22.5 Å². The third-order valence-electron chi connectivity index (χ3n) is 6.67. The Morgan fingerprint density at radius 1 is 0.935 bits per heavy atom. The van der Waals surface area contributed by atoms with Crippen LogP contribution in [-0.2, 0) is 38.8 Å². The van der Waals surface area contributed by atoms with E-state index < -0.39 is 22.7 Å². The molecule has 2 aromatic carbocycles. The maximum absolute atomic E-state index is 12.3. The molecule has 0 aliphatic carbocycles. The number of hydrogen-bond acceptors (Lipinski definition) is 15. The summed E-state index contributed by atoms with van der Waals surface area (Å²) in [5, 5.41) is 45.8. The molecule has 0 atom stereocenters. The van der Waals surface area contributed by atoms with E-state index in [9.17, 15) is 9.59 Å². The molecular weight excluding hydrogens is 628 g/mol. The molecule has 0 aliphatic rings. The summed E-state index contributed by atoms with van der Waals surface area (Å²) in [7, 11) is 0. The molecule has 0 unspecified atom stereocenters. The van der Waals surface area contributed by atoms with Crippen molar-refractivity contribution in [1.29, 1.82) is 0 Å².